The first kappa shape index (κ1) is 13.0. The number of carboxylic acids is 1. The van der Waals surface area contributed by atoms with Crippen LogP contribution < -0.4 is 0 Å². The number of carbonyl (C=O) groups is 2. The Hall–Kier alpha value is -2.04. The molecule has 0 aliphatic rings. The van der Waals surface area contributed by atoms with Crippen LogP contribution in [0.1, 0.15) is 30.1 Å². The maximum Gasteiger partial charge on any atom is 0.342 e. The molecule has 1 aromatic rings. The minimum absolute atomic E-state index is 0.0383. The lowest BCUT2D eigenvalue weighted by atomic mass is 10.2. The van der Waals surface area contributed by atoms with E-state index in [1.54, 1.807) is 19.1 Å². The molecule has 0 fully saturated rings. The molecule has 1 rings (SSSR count). The predicted octanol–water partition coefficient (Wildman–Crippen LogP) is 1.80. The van der Waals surface area contributed by atoms with E-state index in [1.807, 2.05) is 0 Å². The molecule has 0 unspecified atom stereocenters. The molecule has 0 bridgehead atoms. The summed E-state index contributed by atoms with van der Waals surface area (Å²) in [6.45, 7) is 1.73. The van der Waals surface area contributed by atoms with E-state index in [1.165, 1.54) is 12.1 Å². The number of ether oxygens (including phenoxy) is 1. The van der Waals surface area contributed by atoms with E-state index in [4.69, 9.17) is 9.84 Å². The van der Waals surface area contributed by atoms with Crippen LogP contribution in [-0.4, -0.2) is 28.3 Å². The number of carboxylic acid groups (broad SMARTS) is 1. The minimum atomic E-state index is -1.03. The van der Waals surface area contributed by atoms with Crippen LogP contribution in [0.15, 0.2) is 24.3 Å². The molecule has 0 aliphatic carbocycles. The van der Waals surface area contributed by atoms with Gasteiger partial charge < -0.3 is 14.9 Å². The van der Waals surface area contributed by atoms with Crippen molar-refractivity contribution in [3.8, 4) is 5.75 Å². The average molecular weight is 238 g/mol. The minimum Gasteiger partial charge on any atom is -0.507 e. The van der Waals surface area contributed by atoms with Crippen LogP contribution in [0.2, 0.25) is 0 Å². The molecule has 1 atom stereocenters. The molecule has 0 saturated heterocycles. The summed E-state index contributed by atoms with van der Waals surface area (Å²) in [4.78, 5) is 22.2. The van der Waals surface area contributed by atoms with Crippen LogP contribution in [0.3, 0.4) is 0 Å². The highest BCUT2D eigenvalue weighted by Gasteiger charge is 2.19. The molecule has 5 heteroatoms. The Labute approximate surface area is 98.6 Å². The van der Waals surface area contributed by atoms with E-state index in [0.29, 0.717) is 6.42 Å². The number of para-hydroxylation sites is 1. The van der Waals surface area contributed by atoms with Crippen molar-refractivity contribution in [3.63, 3.8) is 0 Å². The topological polar surface area (TPSA) is 83.8 Å². The zero-order chi connectivity index (χ0) is 12.8. The van der Waals surface area contributed by atoms with Crippen molar-refractivity contribution in [2.75, 3.05) is 0 Å². The second kappa shape index (κ2) is 5.89. The summed E-state index contributed by atoms with van der Waals surface area (Å²) in [6.07, 6.45) is -0.513. The highest BCUT2D eigenvalue weighted by Crippen LogP contribution is 2.18. The highest BCUT2D eigenvalue weighted by atomic mass is 16.5. The zero-order valence-electron chi connectivity index (χ0n) is 9.42. The van der Waals surface area contributed by atoms with Crippen molar-refractivity contribution in [2.45, 2.75) is 25.9 Å². The second-order valence-corrected chi connectivity index (χ2v) is 3.55. The van der Waals surface area contributed by atoms with Gasteiger partial charge in [0.15, 0.2) is 0 Å². The van der Waals surface area contributed by atoms with Gasteiger partial charge in [0, 0.05) is 0 Å². The third-order valence-corrected chi connectivity index (χ3v) is 2.26. The number of carbonyl (C=O) groups excluding carboxylic acids is 1. The van der Waals surface area contributed by atoms with Gasteiger partial charge in [0.2, 0.25) is 0 Å². The molecular formula is C12H14O5. The van der Waals surface area contributed by atoms with E-state index >= 15 is 0 Å². The van der Waals surface area contributed by atoms with Crippen molar-refractivity contribution in [2.24, 2.45) is 0 Å². The first-order valence-electron chi connectivity index (χ1n) is 5.25. The van der Waals surface area contributed by atoms with Gasteiger partial charge in [-0.2, -0.15) is 0 Å². The molecule has 0 aliphatic heterocycles. The van der Waals surface area contributed by atoms with E-state index in [2.05, 4.69) is 0 Å². The van der Waals surface area contributed by atoms with E-state index in [0.717, 1.165) is 0 Å². The summed E-state index contributed by atoms with van der Waals surface area (Å²) in [5, 5.41) is 18.0. The number of rotatable bonds is 5. The number of aromatic hydroxyl groups is 1. The lowest BCUT2D eigenvalue weighted by molar-refractivity contribution is -0.139. The fraction of sp³-hybridized carbons (Fsp3) is 0.333. The SMILES string of the molecule is CC[C@@H](CC(=O)O)OC(=O)c1ccccc1O. The molecule has 1 aromatic carbocycles. The lowest BCUT2D eigenvalue weighted by Gasteiger charge is -2.14. The summed E-state index contributed by atoms with van der Waals surface area (Å²) in [5.41, 5.74) is 0.0383. The summed E-state index contributed by atoms with van der Waals surface area (Å²) in [5.74, 6) is -1.92. The quantitative estimate of drug-likeness (QED) is 0.764. The third kappa shape index (κ3) is 3.79. The summed E-state index contributed by atoms with van der Waals surface area (Å²) >= 11 is 0. The molecule has 0 heterocycles. The van der Waals surface area contributed by atoms with E-state index < -0.39 is 18.0 Å². The van der Waals surface area contributed by atoms with Crippen LogP contribution in [0.4, 0.5) is 0 Å². The number of aliphatic carboxylic acids is 1. The fourth-order valence-electron chi connectivity index (χ4n) is 1.33. The van der Waals surface area contributed by atoms with Gasteiger partial charge in [-0.25, -0.2) is 4.79 Å². The molecule has 0 radical (unpaired) electrons. The number of esters is 1. The molecule has 5 nitrogen and oxygen atoms in total. The first-order chi connectivity index (χ1) is 8.04. The maximum absolute atomic E-state index is 11.6. The molecule has 2 N–H and O–H groups in total. The predicted molar refractivity (Wildman–Crippen MR) is 59.9 cm³/mol. The van der Waals surface area contributed by atoms with Gasteiger partial charge in [-0.15, -0.1) is 0 Å². The number of hydrogen-bond acceptors (Lipinski definition) is 4. The van der Waals surface area contributed by atoms with Crippen molar-refractivity contribution in [1.29, 1.82) is 0 Å². The first-order valence-corrected chi connectivity index (χ1v) is 5.25. The van der Waals surface area contributed by atoms with Crippen molar-refractivity contribution in [3.05, 3.63) is 29.8 Å². The monoisotopic (exact) mass is 238 g/mol. The van der Waals surface area contributed by atoms with Crippen molar-refractivity contribution < 1.29 is 24.5 Å². The van der Waals surface area contributed by atoms with Crippen molar-refractivity contribution >= 4 is 11.9 Å². The van der Waals surface area contributed by atoms with Gasteiger partial charge in [0.05, 0.1) is 6.42 Å². The van der Waals surface area contributed by atoms with Crippen molar-refractivity contribution in [1.82, 2.24) is 0 Å². The Kier molecular flexibility index (Phi) is 4.51. The molecular weight excluding hydrogens is 224 g/mol. The van der Waals surface area contributed by atoms with Gasteiger partial charge in [0.25, 0.3) is 0 Å². The average Bonchev–Trinajstić information content (AvgIpc) is 2.27. The van der Waals surface area contributed by atoms with Crippen LogP contribution in [0.5, 0.6) is 5.75 Å². The standard InChI is InChI=1S/C12H14O5/c1-2-8(7-11(14)15)17-12(16)9-5-3-4-6-10(9)13/h3-6,8,13H,2,7H2,1H3,(H,14,15)/t8-/m0/s1. The van der Waals surface area contributed by atoms with Gasteiger partial charge >= 0.3 is 11.9 Å². The van der Waals surface area contributed by atoms with Gasteiger partial charge in [-0.05, 0) is 18.6 Å². The van der Waals surface area contributed by atoms with Gasteiger partial charge in [-0.3, -0.25) is 4.79 Å². The molecule has 0 saturated carbocycles. The fourth-order valence-corrected chi connectivity index (χ4v) is 1.33. The zero-order valence-corrected chi connectivity index (χ0v) is 9.42. The molecule has 92 valence electrons. The number of phenolic OH excluding ortho intramolecular Hbond substituents is 1. The third-order valence-electron chi connectivity index (χ3n) is 2.26. The summed E-state index contributed by atoms with van der Waals surface area (Å²) in [6, 6.07) is 5.97. The number of phenols is 1. The smallest absolute Gasteiger partial charge is 0.342 e. The summed E-state index contributed by atoms with van der Waals surface area (Å²) in [7, 11) is 0. The second-order valence-electron chi connectivity index (χ2n) is 3.55. The van der Waals surface area contributed by atoms with Gasteiger partial charge in [0.1, 0.15) is 17.4 Å². The highest BCUT2D eigenvalue weighted by molar-refractivity contribution is 5.92. The lowest BCUT2D eigenvalue weighted by Crippen LogP contribution is -2.20. The Morgan fingerprint density at radius 3 is 2.53 bits per heavy atom. The Morgan fingerprint density at radius 2 is 2.00 bits per heavy atom. The van der Waals surface area contributed by atoms with Crippen LogP contribution in [0.25, 0.3) is 0 Å². The maximum atomic E-state index is 11.6. The van der Waals surface area contributed by atoms with Gasteiger partial charge in [-0.1, -0.05) is 19.1 Å². The normalized spacial score (nSPS) is 11.8. The number of hydrogen-bond donors (Lipinski definition) is 2. The van der Waals surface area contributed by atoms with E-state index in [9.17, 15) is 14.7 Å². The Balaban J connectivity index is 2.71. The molecule has 0 amide bonds. The molecule has 0 spiro atoms. The summed E-state index contributed by atoms with van der Waals surface area (Å²) < 4.78 is 5.00. The van der Waals surface area contributed by atoms with Crippen LogP contribution in [0, 0.1) is 0 Å². The Bertz CT molecular complexity index is 413. The molecule has 0 aromatic heterocycles. The molecule has 17 heavy (non-hydrogen) atoms. The Morgan fingerprint density at radius 1 is 1.35 bits per heavy atom. The van der Waals surface area contributed by atoms with E-state index in [-0.39, 0.29) is 17.7 Å². The number of benzene rings is 1. The van der Waals surface area contributed by atoms with Crippen LogP contribution >= 0.6 is 0 Å². The van der Waals surface area contributed by atoms with Crippen LogP contribution in [-0.2, 0) is 9.53 Å². The largest absolute Gasteiger partial charge is 0.507 e.